The van der Waals surface area contributed by atoms with E-state index >= 15 is 0 Å². The Morgan fingerprint density at radius 1 is 1.22 bits per heavy atom. The van der Waals surface area contributed by atoms with Crippen LogP contribution in [0.1, 0.15) is 37.5 Å². The van der Waals surface area contributed by atoms with E-state index in [1.807, 2.05) is 32.9 Å². The number of carbonyl (C=O) groups excluding carboxylic acids is 1. The number of carbonyl (C=O) groups is 1. The number of aryl methyl sites for hydroxylation is 1. The molecule has 0 spiro atoms. The smallest absolute Gasteiger partial charge is 0.413 e. The molecular weight excluding hydrogens is 292 g/mol. The molecule has 124 valence electrons. The van der Waals surface area contributed by atoms with Gasteiger partial charge in [0.05, 0.1) is 6.20 Å². The number of hydrogen-bond acceptors (Lipinski definition) is 4. The van der Waals surface area contributed by atoms with E-state index < -0.39 is 11.7 Å². The van der Waals surface area contributed by atoms with Crippen molar-refractivity contribution < 1.29 is 9.53 Å². The maximum Gasteiger partial charge on any atom is 0.413 e. The molecule has 0 unspecified atom stereocenters. The lowest BCUT2D eigenvalue weighted by Gasteiger charge is -2.19. The number of anilines is 1. The molecule has 2 aromatic rings. The van der Waals surface area contributed by atoms with Gasteiger partial charge < -0.3 is 10.1 Å². The van der Waals surface area contributed by atoms with Crippen LogP contribution in [0.2, 0.25) is 0 Å². The fourth-order valence-electron chi connectivity index (χ4n) is 2.10. The maximum atomic E-state index is 11.8. The molecule has 2 rings (SSSR count). The third kappa shape index (κ3) is 5.41. The summed E-state index contributed by atoms with van der Waals surface area (Å²) in [6.07, 6.45) is 1.19. The van der Waals surface area contributed by atoms with Crippen LogP contribution in [0.4, 0.5) is 10.6 Å². The lowest BCUT2D eigenvalue weighted by molar-refractivity contribution is 0.0635. The van der Waals surface area contributed by atoms with Gasteiger partial charge in [-0.1, -0.05) is 24.3 Å². The van der Waals surface area contributed by atoms with Gasteiger partial charge in [0.25, 0.3) is 0 Å². The number of aromatic nitrogens is 2. The number of nitrogens with zero attached hydrogens (tertiary/aromatic N) is 1. The minimum absolute atomic E-state index is 0.498. The SMILES string of the molecule is Cc1ccccc1CNCc1cn[nH]c1NC(=O)OC(C)(C)C. The van der Waals surface area contributed by atoms with Gasteiger partial charge in [-0.05, 0) is 38.8 Å². The second-order valence-corrected chi connectivity index (χ2v) is 6.43. The van der Waals surface area contributed by atoms with E-state index in [4.69, 9.17) is 4.74 Å². The van der Waals surface area contributed by atoms with Crippen LogP contribution in [-0.4, -0.2) is 21.9 Å². The quantitative estimate of drug-likeness (QED) is 0.790. The molecule has 0 atom stereocenters. The minimum Gasteiger partial charge on any atom is -0.444 e. The number of amides is 1. The highest BCUT2D eigenvalue weighted by Gasteiger charge is 2.17. The van der Waals surface area contributed by atoms with Crippen molar-refractivity contribution in [3.63, 3.8) is 0 Å². The van der Waals surface area contributed by atoms with Gasteiger partial charge in [-0.2, -0.15) is 5.10 Å². The summed E-state index contributed by atoms with van der Waals surface area (Å²) >= 11 is 0. The Hall–Kier alpha value is -2.34. The van der Waals surface area contributed by atoms with Crippen molar-refractivity contribution in [1.82, 2.24) is 15.5 Å². The van der Waals surface area contributed by atoms with E-state index in [0.29, 0.717) is 12.4 Å². The van der Waals surface area contributed by atoms with E-state index in [-0.39, 0.29) is 0 Å². The first-order chi connectivity index (χ1) is 10.8. The van der Waals surface area contributed by atoms with Gasteiger partial charge in [0.2, 0.25) is 0 Å². The first kappa shape index (κ1) is 17.0. The molecule has 3 N–H and O–H groups in total. The number of hydrogen-bond donors (Lipinski definition) is 3. The molecule has 0 aliphatic carbocycles. The molecule has 0 aliphatic rings. The molecule has 1 aromatic heterocycles. The highest BCUT2D eigenvalue weighted by atomic mass is 16.6. The van der Waals surface area contributed by atoms with Crippen molar-refractivity contribution in [2.75, 3.05) is 5.32 Å². The summed E-state index contributed by atoms with van der Waals surface area (Å²) in [4.78, 5) is 11.8. The molecule has 1 heterocycles. The Labute approximate surface area is 136 Å². The first-order valence-corrected chi connectivity index (χ1v) is 7.62. The fraction of sp³-hybridized carbons (Fsp3) is 0.412. The van der Waals surface area contributed by atoms with Gasteiger partial charge in [0.1, 0.15) is 11.4 Å². The zero-order valence-electron chi connectivity index (χ0n) is 14.1. The number of rotatable bonds is 5. The predicted octanol–water partition coefficient (Wildman–Crippen LogP) is 3.35. The lowest BCUT2D eigenvalue weighted by atomic mass is 10.1. The molecular formula is C17H24N4O2. The number of aromatic amines is 1. The van der Waals surface area contributed by atoms with Crippen molar-refractivity contribution in [3.8, 4) is 0 Å². The molecule has 0 radical (unpaired) electrons. The largest absolute Gasteiger partial charge is 0.444 e. The summed E-state index contributed by atoms with van der Waals surface area (Å²) in [5.74, 6) is 0.552. The average molecular weight is 316 g/mol. The number of benzene rings is 1. The van der Waals surface area contributed by atoms with E-state index in [9.17, 15) is 4.79 Å². The Kier molecular flexibility index (Phi) is 5.39. The summed E-state index contributed by atoms with van der Waals surface area (Å²) in [7, 11) is 0. The summed E-state index contributed by atoms with van der Waals surface area (Å²) in [6.45, 7) is 8.91. The molecule has 0 bridgehead atoms. The third-order valence-corrected chi connectivity index (χ3v) is 3.24. The van der Waals surface area contributed by atoms with E-state index in [2.05, 4.69) is 39.9 Å². The Bertz CT molecular complexity index is 659. The number of H-pyrrole nitrogens is 1. The standard InChI is InChI=1S/C17H24N4O2/c1-12-7-5-6-8-13(12)9-18-10-14-11-19-21-15(14)20-16(22)23-17(2,3)4/h5-8,11,18H,9-10H2,1-4H3,(H2,19,20,21,22). The summed E-state index contributed by atoms with van der Waals surface area (Å²) in [5.41, 5.74) is 2.84. The summed E-state index contributed by atoms with van der Waals surface area (Å²) < 4.78 is 5.24. The van der Waals surface area contributed by atoms with Crippen molar-refractivity contribution in [3.05, 3.63) is 47.2 Å². The van der Waals surface area contributed by atoms with E-state index in [1.54, 1.807) is 6.20 Å². The van der Waals surface area contributed by atoms with Crippen molar-refractivity contribution in [1.29, 1.82) is 0 Å². The van der Waals surface area contributed by atoms with Gasteiger partial charge in [0.15, 0.2) is 0 Å². The molecule has 1 aromatic carbocycles. The average Bonchev–Trinajstić information content (AvgIpc) is 2.86. The van der Waals surface area contributed by atoms with Crippen LogP contribution in [-0.2, 0) is 17.8 Å². The van der Waals surface area contributed by atoms with E-state index in [1.165, 1.54) is 11.1 Å². The number of nitrogens with one attached hydrogen (secondary N) is 3. The van der Waals surface area contributed by atoms with Crippen LogP contribution in [0.5, 0.6) is 0 Å². The topological polar surface area (TPSA) is 79.0 Å². The molecule has 1 amide bonds. The Morgan fingerprint density at radius 3 is 2.61 bits per heavy atom. The second kappa shape index (κ2) is 7.28. The van der Waals surface area contributed by atoms with Gasteiger partial charge in [-0.3, -0.25) is 10.4 Å². The van der Waals surface area contributed by atoms with Crippen LogP contribution in [0.15, 0.2) is 30.5 Å². The van der Waals surface area contributed by atoms with Crippen molar-refractivity contribution >= 4 is 11.9 Å². The van der Waals surface area contributed by atoms with Crippen LogP contribution in [0, 0.1) is 6.92 Å². The van der Waals surface area contributed by atoms with E-state index in [0.717, 1.165) is 12.1 Å². The molecule has 0 aliphatic heterocycles. The lowest BCUT2D eigenvalue weighted by Crippen LogP contribution is -2.27. The highest BCUT2D eigenvalue weighted by Crippen LogP contribution is 2.14. The van der Waals surface area contributed by atoms with Crippen LogP contribution in [0.3, 0.4) is 0 Å². The minimum atomic E-state index is -0.534. The third-order valence-electron chi connectivity index (χ3n) is 3.24. The zero-order valence-corrected chi connectivity index (χ0v) is 14.1. The molecule has 23 heavy (non-hydrogen) atoms. The highest BCUT2D eigenvalue weighted by molar-refractivity contribution is 5.84. The summed E-state index contributed by atoms with van der Waals surface area (Å²) in [5, 5.41) is 12.8. The Morgan fingerprint density at radius 2 is 1.91 bits per heavy atom. The zero-order chi connectivity index (χ0) is 16.9. The number of ether oxygens (including phenoxy) is 1. The molecule has 0 saturated carbocycles. The summed E-state index contributed by atoms with van der Waals surface area (Å²) in [6, 6.07) is 8.23. The Balaban J connectivity index is 1.89. The normalized spacial score (nSPS) is 11.3. The van der Waals surface area contributed by atoms with Gasteiger partial charge >= 0.3 is 6.09 Å². The maximum absolute atomic E-state index is 11.8. The van der Waals surface area contributed by atoms with Crippen molar-refractivity contribution in [2.45, 2.75) is 46.4 Å². The van der Waals surface area contributed by atoms with Gasteiger partial charge in [0, 0.05) is 18.7 Å². The van der Waals surface area contributed by atoms with Crippen LogP contribution < -0.4 is 10.6 Å². The van der Waals surface area contributed by atoms with Crippen LogP contribution in [0.25, 0.3) is 0 Å². The fourth-order valence-corrected chi connectivity index (χ4v) is 2.10. The predicted molar refractivity (Wildman–Crippen MR) is 90.2 cm³/mol. The van der Waals surface area contributed by atoms with Crippen LogP contribution >= 0.6 is 0 Å². The molecule has 6 nitrogen and oxygen atoms in total. The molecule has 0 saturated heterocycles. The second-order valence-electron chi connectivity index (χ2n) is 6.43. The molecule has 6 heteroatoms. The van der Waals surface area contributed by atoms with Crippen molar-refractivity contribution in [2.24, 2.45) is 0 Å². The van der Waals surface area contributed by atoms with Gasteiger partial charge in [-0.15, -0.1) is 0 Å². The monoisotopic (exact) mass is 316 g/mol. The first-order valence-electron chi connectivity index (χ1n) is 7.62. The van der Waals surface area contributed by atoms with Gasteiger partial charge in [-0.25, -0.2) is 4.79 Å². The molecule has 0 fully saturated rings.